The second-order valence-electron chi connectivity index (χ2n) is 39.4. The van der Waals surface area contributed by atoms with Gasteiger partial charge >= 0.3 is 0 Å². The van der Waals surface area contributed by atoms with E-state index in [1.54, 1.807) is 0 Å². The summed E-state index contributed by atoms with van der Waals surface area (Å²) in [5.74, 6) is 0.882. The van der Waals surface area contributed by atoms with Gasteiger partial charge in [0.1, 0.15) is 17.0 Å². The molecule has 12 heteroatoms. The van der Waals surface area contributed by atoms with Crippen LogP contribution in [0.2, 0.25) is 0 Å². The SMILES string of the molecule is c1cc2cc(c1)c1ccc3sc4cccc(c5cc6cnc(-c7cccc8oc9ccccc9c78)cc6c(n5)c5cccc2c5)c4c3c1.c1cc2cc(c1)c1ccc3sc4cccc(c5cc6cnc(-n7c8ccccc8c8ccccc87)cc6c(n5)c5cccc2c5)c4c3c1.c1ccc(-n2c3ccccc3c3cc(-c4cc5c(cn4)cc4nc5c5cccc(c5)c5cccc(c5)c5ccc6sc7cccc4c7c6c5)ccc32)cc1. The monoisotopic (exact) mass is 1960 g/mol. The topological polar surface area (TPSA) is 100 Å². The van der Waals surface area contributed by atoms with Crippen molar-refractivity contribution in [2.45, 2.75) is 0 Å². The first-order chi connectivity index (χ1) is 74.2. The number of benzene rings is 19. The molecule has 15 heterocycles. The van der Waals surface area contributed by atoms with Crippen LogP contribution < -0.4 is 0 Å². The predicted octanol–water partition coefficient (Wildman–Crippen LogP) is 38.9. The van der Waals surface area contributed by atoms with E-state index < -0.39 is 0 Å². The van der Waals surface area contributed by atoms with E-state index in [1.807, 2.05) is 76.9 Å². The molecule has 0 saturated heterocycles. The fourth-order valence-electron chi connectivity index (χ4n) is 23.9. The third kappa shape index (κ3) is 13.5. The van der Waals surface area contributed by atoms with Crippen molar-refractivity contribution in [2.24, 2.45) is 0 Å². The summed E-state index contributed by atoms with van der Waals surface area (Å²) in [4.78, 5) is 32.0. The molecule has 34 rings (SSSR count). The second-order valence-corrected chi connectivity index (χ2v) is 42.7. The summed E-state index contributed by atoms with van der Waals surface area (Å²) in [6.45, 7) is 0. The van der Waals surface area contributed by atoms with Crippen LogP contribution in [0.1, 0.15) is 0 Å². The van der Waals surface area contributed by atoms with Gasteiger partial charge in [0.25, 0.3) is 0 Å². The number of rotatable bonds is 4. The molecule has 9 nitrogen and oxygen atoms in total. The molecule has 0 aliphatic heterocycles. The molecule has 0 unspecified atom stereocenters. The van der Waals surface area contributed by atoms with E-state index in [-0.39, 0.29) is 0 Å². The standard InChI is InChI=1S/C50H29N3S.C44H25N3S.C44H24N2OS/c1-2-13-37(14-3-1)53-45-17-5-4-15-38(45)41-26-34(19-21-46(41)53)43-28-40-36(29-51-43)27-44-39-16-8-18-48-49(39)42-25-33(20-22-47(42)54-48)31-10-6-9-30(23-31)32-11-7-12-35(24-32)50(40)52-44;1-3-15-38-32(12-1)33-13-2-4-16-39(33)47(38)42-24-35-31(25-45-42)23-37-34-14-7-17-41-43(34)36-22-29(18-19-40(36)48-41)27-9-5-8-26(20-27)28-10-6-11-30(21-28)44(35)46-37;1-2-14-38-33(11-1)42-31(12-5-15-39(42)47-38)36-23-34-30(24-45-36)22-37-32-13-6-16-41-43(32)35-21-28(17-18-40(35)48-41)26-8-3-7-25(19-26)27-9-4-10-29(20-27)44(34)46-37/h1-29H;1-25H;1-24H. The number of fused-ring (bicyclic) bond motifs is 48. The second kappa shape index (κ2) is 33.2. The number of aromatic nitrogens is 8. The maximum Gasteiger partial charge on any atom is 0.138 e. The van der Waals surface area contributed by atoms with E-state index in [2.05, 4.69) is 440 Å². The first-order valence-electron chi connectivity index (χ1n) is 50.7. The Bertz CT molecular complexity index is 12000. The normalized spacial score (nSPS) is 12.1. The van der Waals surface area contributed by atoms with Gasteiger partial charge < -0.3 is 8.98 Å². The molecule has 0 aliphatic rings. The highest BCUT2D eigenvalue weighted by molar-refractivity contribution is 7.27. The minimum atomic E-state index is 0.861. The summed E-state index contributed by atoms with van der Waals surface area (Å²) in [7, 11) is 0. The van der Waals surface area contributed by atoms with Crippen LogP contribution in [-0.2, 0) is 0 Å². The van der Waals surface area contributed by atoms with Gasteiger partial charge in [-0.25, -0.2) is 19.9 Å². The zero-order valence-electron chi connectivity index (χ0n) is 80.2. The van der Waals surface area contributed by atoms with Gasteiger partial charge in [-0.3, -0.25) is 14.5 Å². The van der Waals surface area contributed by atoms with Crippen LogP contribution in [0.5, 0.6) is 0 Å². The average Bonchev–Trinajstić information content (AvgIpc) is 1.55. The zero-order chi connectivity index (χ0) is 98.0. The Morgan fingerprint density at radius 3 is 1.00 bits per heavy atom. The first kappa shape index (κ1) is 84.3. The number of para-hydroxylation sites is 5. The quantitative estimate of drug-likeness (QED) is 0.173. The third-order valence-corrected chi connectivity index (χ3v) is 34.3. The Balaban J connectivity index is 0.0000000995. The molecule has 0 aliphatic carbocycles. The number of hydrogen-bond acceptors (Lipinski definition) is 10. The fraction of sp³-hybridized carbons (Fsp3) is 0. The smallest absolute Gasteiger partial charge is 0.138 e. The minimum absolute atomic E-state index is 0.861. The Labute approximate surface area is 866 Å². The lowest BCUT2D eigenvalue weighted by atomic mass is 10.00. The number of furan rings is 1. The van der Waals surface area contributed by atoms with E-state index in [9.17, 15) is 0 Å². The van der Waals surface area contributed by atoms with Crippen molar-refractivity contribution in [3.05, 3.63) is 474 Å². The van der Waals surface area contributed by atoms with Crippen LogP contribution in [0.25, 0.3) is 322 Å². The fourth-order valence-corrected chi connectivity index (χ4v) is 27.2. The molecule has 34 aromatic rings. The number of pyridine rings is 6. The van der Waals surface area contributed by atoms with Crippen LogP contribution in [0.3, 0.4) is 0 Å². The highest BCUT2D eigenvalue weighted by Gasteiger charge is 2.24. The van der Waals surface area contributed by atoms with Gasteiger partial charge in [0, 0.05) is 193 Å². The molecule has 150 heavy (non-hydrogen) atoms. The van der Waals surface area contributed by atoms with Crippen LogP contribution in [0.4, 0.5) is 0 Å². The molecular weight excluding hydrogens is 1880 g/mol. The summed E-state index contributed by atoms with van der Waals surface area (Å²) in [5, 5.41) is 42.1. The Morgan fingerprint density at radius 2 is 0.533 bits per heavy atom. The molecule has 15 aromatic heterocycles. The van der Waals surface area contributed by atoms with Crippen molar-refractivity contribution < 1.29 is 4.42 Å². The van der Waals surface area contributed by atoms with E-state index in [0.29, 0.717) is 0 Å². The molecule has 0 radical (unpaired) electrons. The summed E-state index contributed by atoms with van der Waals surface area (Å²) in [6, 6.07) is 165. The van der Waals surface area contributed by atoms with Crippen LogP contribution in [0.15, 0.2) is 478 Å². The molecule has 19 aromatic carbocycles. The van der Waals surface area contributed by atoms with Gasteiger partial charge in [-0.15, -0.1) is 34.0 Å². The molecule has 24 bridgehead atoms. The Hall–Kier alpha value is -19.1. The lowest BCUT2D eigenvalue weighted by Crippen LogP contribution is -1.97. The summed E-state index contributed by atoms with van der Waals surface area (Å²) < 4.78 is 18.5. The van der Waals surface area contributed by atoms with Gasteiger partial charge in [-0.1, -0.05) is 273 Å². The Morgan fingerprint density at radius 1 is 0.187 bits per heavy atom. The van der Waals surface area contributed by atoms with Gasteiger partial charge in [0.2, 0.25) is 0 Å². The van der Waals surface area contributed by atoms with E-state index >= 15 is 0 Å². The van der Waals surface area contributed by atoms with E-state index in [4.69, 9.17) is 34.3 Å². The van der Waals surface area contributed by atoms with Gasteiger partial charge in [-0.05, 0) is 247 Å². The predicted molar refractivity (Wildman–Crippen MR) is 641 cm³/mol. The van der Waals surface area contributed by atoms with Crippen molar-refractivity contribution in [3.63, 3.8) is 0 Å². The highest BCUT2D eigenvalue weighted by atomic mass is 32.1. The minimum Gasteiger partial charge on any atom is -0.456 e. The zero-order valence-corrected chi connectivity index (χ0v) is 82.7. The van der Waals surface area contributed by atoms with Crippen molar-refractivity contribution in [1.82, 2.24) is 39.0 Å². The molecule has 0 amide bonds. The lowest BCUT2D eigenvalue weighted by Gasteiger charge is -2.10. The number of nitrogens with zero attached hydrogens (tertiary/aromatic N) is 8. The maximum absolute atomic E-state index is 6.24. The molecule has 0 fully saturated rings. The van der Waals surface area contributed by atoms with E-state index in [0.717, 1.165) is 170 Å². The summed E-state index contributed by atoms with van der Waals surface area (Å²) >= 11 is 5.53. The third-order valence-electron chi connectivity index (χ3n) is 30.9. The van der Waals surface area contributed by atoms with Gasteiger partial charge in [0.05, 0.1) is 66.6 Å². The van der Waals surface area contributed by atoms with Gasteiger partial charge in [-0.2, -0.15) is 0 Å². The molecule has 0 saturated carbocycles. The molecule has 0 N–H and O–H groups in total. The number of hydrogen-bond donors (Lipinski definition) is 0. The van der Waals surface area contributed by atoms with Crippen molar-refractivity contribution in [2.75, 3.05) is 0 Å². The lowest BCUT2D eigenvalue weighted by molar-refractivity contribution is 0.669. The molecule has 694 valence electrons. The highest BCUT2D eigenvalue weighted by Crippen LogP contribution is 2.48. The number of thiophene rings is 3. The largest absolute Gasteiger partial charge is 0.456 e. The van der Waals surface area contributed by atoms with Crippen molar-refractivity contribution in [3.8, 4) is 34.0 Å². The maximum atomic E-state index is 6.24. The molecule has 0 atom stereocenters. The van der Waals surface area contributed by atoms with Crippen molar-refractivity contribution in [1.29, 1.82) is 0 Å². The first-order valence-corrected chi connectivity index (χ1v) is 53.1. The van der Waals surface area contributed by atoms with E-state index in [1.165, 1.54) is 152 Å². The molecular formula is C138H78N8OS3. The molecule has 0 spiro atoms. The van der Waals surface area contributed by atoms with Crippen LogP contribution in [0, 0.1) is 0 Å². The Kier molecular flexibility index (Phi) is 18.7. The summed E-state index contributed by atoms with van der Waals surface area (Å²) in [6.07, 6.45) is 6.08. The summed E-state index contributed by atoms with van der Waals surface area (Å²) in [5.41, 5.74) is 17.2. The van der Waals surface area contributed by atoms with Gasteiger partial charge in [0.15, 0.2) is 0 Å². The van der Waals surface area contributed by atoms with Crippen LogP contribution >= 0.6 is 34.0 Å². The average molecular weight is 1960 g/mol. The van der Waals surface area contributed by atoms with Crippen LogP contribution in [-0.4, -0.2) is 39.0 Å². The van der Waals surface area contributed by atoms with Crippen molar-refractivity contribution >= 4 is 322 Å².